The maximum Gasteiger partial charge on any atom is 0.264 e. The summed E-state index contributed by atoms with van der Waals surface area (Å²) in [6.45, 7) is 3.54. The molecule has 0 radical (unpaired) electrons. The molecule has 2 atom stereocenters. The van der Waals surface area contributed by atoms with Crippen LogP contribution >= 0.6 is 23.4 Å². The summed E-state index contributed by atoms with van der Waals surface area (Å²) in [5.74, 6) is 0.628. The number of carbonyl (C=O) groups is 1. The second kappa shape index (κ2) is 7.03. The molecule has 2 aliphatic heterocycles. The fourth-order valence-corrected chi connectivity index (χ4v) is 5.52. The third-order valence-electron chi connectivity index (χ3n) is 5.42. The molecule has 0 N–H and O–H groups in total. The Labute approximate surface area is 172 Å². The van der Waals surface area contributed by atoms with Gasteiger partial charge in [0.15, 0.2) is 5.16 Å². The van der Waals surface area contributed by atoms with Crippen LogP contribution in [0, 0.1) is 6.92 Å². The van der Waals surface area contributed by atoms with Gasteiger partial charge in [-0.05, 0) is 42.2 Å². The molecule has 142 valence electrons. The zero-order valence-corrected chi connectivity index (χ0v) is 17.0. The molecule has 0 amide bonds. The van der Waals surface area contributed by atoms with E-state index in [0.717, 1.165) is 25.1 Å². The van der Waals surface area contributed by atoms with Crippen molar-refractivity contribution in [2.75, 3.05) is 6.54 Å². The number of benzene rings is 2. The van der Waals surface area contributed by atoms with Crippen molar-refractivity contribution in [3.05, 3.63) is 76.1 Å². The lowest BCUT2D eigenvalue weighted by Crippen LogP contribution is -2.41. The second-order valence-corrected chi connectivity index (χ2v) is 8.76. The van der Waals surface area contributed by atoms with E-state index in [1.165, 1.54) is 27.6 Å². The van der Waals surface area contributed by atoms with Gasteiger partial charge in [0.05, 0.1) is 6.04 Å². The topological polar surface area (TPSA) is 51.0 Å². The summed E-state index contributed by atoms with van der Waals surface area (Å²) < 4.78 is 1.46. The number of hydrogen-bond acceptors (Lipinski definition) is 5. The molecular weight excluding hydrogens is 392 g/mol. The summed E-state index contributed by atoms with van der Waals surface area (Å²) in [6.07, 6.45) is 0.980. The molecule has 3 aromatic rings. The monoisotopic (exact) mass is 410 g/mol. The maximum absolute atomic E-state index is 13.2. The molecule has 5 rings (SSSR count). The summed E-state index contributed by atoms with van der Waals surface area (Å²) in [7, 11) is 0. The number of halogens is 1. The van der Waals surface area contributed by atoms with E-state index in [9.17, 15) is 4.79 Å². The number of fused-ring (bicyclic) bond motifs is 2. The summed E-state index contributed by atoms with van der Waals surface area (Å²) in [4.78, 5) is 20.0. The molecule has 2 unspecified atom stereocenters. The van der Waals surface area contributed by atoms with Crippen molar-refractivity contribution in [1.29, 1.82) is 0 Å². The highest BCUT2D eigenvalue weighted by Crippen LogP contribution is 2.42. The van der Waals surface area contributed by atoms with Crippen LogP contribution in [-0.2, 0) is 13.0 Å². The molecule has 2 aliphatic rings. The third kappa shape index (κ3) is 3.05. The molecule has 5 nitrogen and oxygen atoms in total. The van der Waals surface area contributed by atoms with Gasteiger partial charge in [-0.2, -0.15) is 4.68 Å². The van der Waals surface area contributed by atoms with Gasteiger partial charge in [-0.1, -0.05) is 59.8 Å². The van der Waals surface area contributed by atoms with E-state index >= 15 is 0 Å². The van der Waals surface area contributed by atoms with Gasteiger partial charge < -0.3 is 0 Å². The van der Waals surface area contributed by atoms with E-state index in [2.05, 4.69) is 39.2 Å². The first kappa shape index (κ1) is 17.9. The van der Waals surface area contributed by atoms with Crippen LogP contribution in [0.5, 0.6) is 0 Å². The van der Waals surface area contributed by atoms with Crippen molar-refractivity contribution in [2.24, 2.45) is 0 Å². The number of carbonyl (C=O) groups excluding carboxylic acids is 1. The molecule has 0 fully saturated rings. The molecule has 0 saturated heterocycles. The lowest BCUT2D eigenvalue weighted by atomic mass is 9.94. The molecule has 0 bridgehead atoms. The molecule has 0 spiro atoms. The van der Waals surface area contributed by atoms with Crippen LogP contribution in [0.25, 0.3) is 0 Å². The summed E-state index contributed by atoms with van der Waals surface area (Å²) in [6, 6.07) is 16.3. The molecule has 7 heteroatoms. The molecule has 1 aromatic heterocycles. The van der Waals surface area contributed by atoms with Gasteiger partial charge in [0.2, 0.25) is 0 Å². The van der Waals surface area contributed by atoms with E-state index in [1.54, 1.807) is 0 Å². The Morgan fingerprint density at radius 3 is 2.64 bits per heavy atom. The fraction of sp³-hybridized carbons (Fsp3) is 0.286. The zero-order valence-electron chi connectivity index (χ0n) is 15.4. The summed E-state index contributed by atoms with van der Waals surface area (Å²) >= 11 is 7.63. The SMILES string of the molecule is Cc1nc2n(n1)C(=O)C(C(c1ccc(Cl)cc1)N1CCc3ccccc3C1)S2. The van der Waals surface area contributed by atoms with Crippen LogP contribution in [-0.4, -0.2) is 37.4 Å². The van der Waals surface area contributed by atoms with Crippen molar-refractivity contribution in [2.45, 2.75) is 36.3 Å². The number of rotatable bonds is 3. The van der Waals surface area contributed by atoms with Gasteiger partial charge in [0.1, 0.15) is 11.1 Å². The Morgan fingerprint density at radius 2 is 1.89 bits per heavy atom. The Morgan fingerprint density at radius 1 is 1.14 bits per heavy atom. The van der Waals surface area contributed by atoms with Gasteiger partial charge in [-0.25, -0.2) is 4.98 Å². The highest BCUT2D eigenvalue weighted by Gasteiger charge is 2.43. The van der Waals surface area contributed by atoms with Gasteiger partial charge in [0, 0.05) is 18.1 Å². The molecule has 28 heavy (non-hydrogen) atoms. The van der Waals surface area contributed by atoms with Crippen LogP contribution < -0.4 is 0 Å². The molecule has 0 aliphatic carbocycles. The molecule has 3 heterocycles. The Hall–Kier alpha value is -2.15. The van der Waals surface area contributed by atoms with Gasteiger partial charge >= 0.3 is 0 Å². The highest BCUT2D eigenvalue weighted by atomic mass is 35.5. The predicted molar refractivity (Wildman–Crippen MR) is 110 cm³/mol. The number of hydrogen-bond donors (Lipinski definition) is 0. The number of aromatic nitrogens is 3. The fourth-order valence-electron chi connectivity index (χ4n) is 4.09. The van der Waals surface area contributed by atoms with Crippen LogP contribution in [0.4, 0.5) is 0 Å². The van der Waals surface area contributed by atoms with Crippen LogP contribution in [0.3, 0.4) is 0 Å². The normalized spacial score (nSPS) is 20.1. The Bertz CT molecular complexity index is 1050. The second-order valence-electron chi connectivity index (χ2n) is 7.22. The van der Waals surface area contributed by atoms with Crippen molar-refractivity contribution < 1.29 is 4.79 Å². The van der Waals surface area contributed by atoms with Crippen LogP contribution in [0.2, 0.25) is 5.02 Å². The van der Waals surface area contributed by atoms with Crippen molar-refractivity contribution in [3.8, 4) is 0 Å². The van der Waals surface area contributed by atoms with E-state index < -0.39 is 0 Å². The maximum atomic E-state index is 13.2. The van der Waals surface area contributed by atoms with Gasteiger partial charge in [-0.3, -0.25) is 9.69 Å². The van der Waals surface area contributed by atoms with Gasteiger partial charge in [0.25, 0.3) is 5.91 Å². The quantitative estimate of drug-likeness (QED) is 0.649. The third-order valence-corrected chi connectivity index (χ3v) is 6.86. The first-order chi connectivity index (χ1) is 13.6. The molecule has 2 aromatic carbocycles. The number of aryl methyl sites for hydroxylation is 1. The summed E-state index contributed by atoms with van der Waals surface area (Å²) in [5, 5.41) is 5.39. The summed E-state index contributed by atoms with van der Waals surface area (Å²) in [5.41, 5.74) is 3.82. The van der Waals surface area contributed by atoms with Crippen LogP contribution in [0.1, 0.15) is 33.4 Å². The smallest absolute Gasteiger partial charge is 0.264 e. The standard InChI is InChI=1S/C21H19ClN4OS/c1-13-23-21-26(24-13)20(27)19(28-21)18(15-6-8-17(22)9-7-15)25-11-10-14-4-2-3-5-16(14)12-25/h2-9,18-19H,10-12H2,1H3. The Kier molecular flexibility index (Phi) is 4.50. The van der Waals surface area contributed by atoms with Crippen molar-refractivity contribution in [1.82, 2.24) is 19.7 Å². The van der Waals surface area contributed by atoms with E-state index in [-0.39, 0.29) is 17.2 Å². The van der Waals surface area contributed by atoms with E-state index in [1.807, 2.05) is 31.2 Å². The Balaban J connectivity index is 1.52. The van der Waals surface area contributed by atoms with E-state index in [0.29, 0.717) is 16.0 Å². The average Bonchev–Trinajstić information content (AvgIpc) is 3.21. The van der Waals surface area contributed by atoms with Crippen molar-refractivity contribution in [3.63, 3.8) is 0 Å². The first-order valence-electron chi connectivity index (χ1n) is 9.31. The largest absolute Gasteiger partial charge is 0.290 e. The zero-order chi connectivity index (χ0) is 19.3. The van der Waals surface area contributed by atoms with Crippen molar-refractivity contribution >= 4 is 29.3 Å². The average molecular weight is 411 g/mol. The van der Waals surface area contributed by atoms with E-state index in [4.69, 9.17) is 11.6 Å². The number of nitrogens with zero attached hydrogens (tertiary/aromatic N) is 4. The highest BCUT2D eigenvalue weighted by molar-refractivity contribution is 8.00. The van der Waals surface area contributed by atoms with Crippen LogP contribution in [0.15, 0.2) is 53.7 Å². The molecule has 0 saturated carbocycles. The number of thioether (sulfide) groups is 1. The lowest BCUT2D eigenvalue weighted by Gasteiger charge is -2.37. The minimum absolute atomic E-state index is 0.000548. The minimum Gasteiger partial charge on any atom is -0.290 e. The van der Waals surface area contributed by atoms with Gasteiger partial charge in [-0.15, -0.1) is 5.10 Å². The minimum atomic E-state index is -0.276. The lowest BCUT2D eigenvalue weighted by molar-refractivity contribution is 0.0824. The molecular formula is C21H19ClN4OS. The predicted octanol–water partition coefficient (Wildman–Crippen LogP) is 4.15. The first-order valence-corrected chi connectivity index (χ1v) is 10.6.